The van der Waals surface area contributed by atoms with Crippen molar-refractivity contribution in [1.29, 1.82) is 0 Å². The third kappa shape index (κ3) is 4.48. The number of hydrogen-bond donors (Lipinski definition) is 0. The van der Waals surface area contributed by atoms with E-state index in [1.165, 1.54) is 0 Å². The van der Waals surface area contributed by atoms with E-state index in [1.54, 1.807) is 4.90 Å². The minimum Gasteiger partial charge on any atom is -0.483 e. The summed E-state index contributed by atoms with van der Waals surface area (Å²) in [6.07, 6.45) is 0. The Morgan fingerprint density at radius 3 is 2.30 bits per heavy atom. The number of benzene rings is 2. The van der Waals surface area contributed by atoms with Gasteiger partial charge in [0, 0.05) is 31.7 Å². The van der Waals surface area contributed by atoms with Gasteiger partial charge in [-0.05, 0) is 50.1 Å². The third-order valence-corrected chi connectivity index (χ3v) is 5.09. The molecule has 0 aromatic heterocycles. The Morgan fingerprint density at radius 2 is 1.59 bits per heavy atom. The number of carbonyl (C=O) groups excluding carboxylic acids is 2. The van der Waals surface area contributed by atoms with Gasteiger partial charge < -0.3 is 14.5 Å². The van der Waals surface area contributed by atoms with Crippen LogP contribution in [0.4, 0.5) is 0 Å². The summed E-state index contributed by atoms with van der Waals surface area (Å²) in [6.45, 7) is 8.17. The Bertz CT molecular complexity index is 839. The molecule has 1 aliphatic rings. The van der Waals surface area contributed by atoms with Crippen LogP contribution in [0.15, 0.2) is 42.5 Å². The van der Waals surface area contributed by atoms with E-state index >= 15 is 0 Å². The van der Waals surface area contributed by atoms with Crippen molar-refractivity contribution in [2.24, 2.45) is 0 Å². The highest BCUT2D eigenvalue weighted by molar-refractivity contribution is 5.94. The first-order valence-electron chi connectivity index (χ1n) is 9.28. The van der Waals surface area contributed by atoms with Crippen LogP contribution in [0.1, 0.15) is 27.0 Å². The zero-order valence-electron chi connectivity index (χ0n) is 16.2. The molecule has 0 unspecified atom stereocenters. The lowest BCUT2D eigenvalue weighted by molar-refractivity contribution is -0.134. The topological polar surface area (TPSA) is 49.9 Å². The maximum Gasteiger partial charge on any atom is 0.260 e. The van der Waals surface area contributed by atoms with Crippen LogP contribution in [0.5, 0.6) is 5.75 Å². The van der Waals surface area contributed by atoms with Gasteiger partial charge in [-0.3, -0.25) is 9.59 Å². The fraction of sp³-hybridized carbons (Fsp3) is 0.364. The molecule has 1 fully saturated rings. The second-order valence-corrected chi connectivity index (χ2v) is 7.03. The highest BCUT2D eigenvalue weighted by Gasteiger charge is 2.25. The van der Waals surface area contributed by atoms with Crippen LogP contribution in [0.2, 0.25) is 0 Å². The molecule has 0 N–H and O–H groups in total. The van der Waals surface area contributed by atoms with E-state index in [2.05, 4.69) is 0 Å². The Labute approximate surface area is 160 Å². The van der Waals surface area contributed by atoms with Gasteiger partial charge in [0.15, 0.2) is 6.61 Å². The highest BCUT2D eigenvalue weighted by atomic mass is 16.5. The molecule has 0 saturated carbocycles. The summed E-state index contributed by atoms with van der Waals surface area (Å²) in [6, 6.07) is 13.4. The Hall–Kier alpha value is -2.82. The second-order valence-electron chi connectivity index (χ2n) is 7.03. The first-order valence-corrected chi connectivity index (χ1v) is 9.28. The Morgan fingerprint density at radius 1 is 0.926 bits per heavy atom. The van der Waals surface area contributed by atoms with Crippen LogP contribution in [-0.4, -0.2) is 54.4 Å². The largest absolute Gasteiger partial charge is 0.483 e. The van der Waals surface area contributed by atoms with Gasteiger partial charge in [0.2, 0.25) is 0 Å². The molecule has 2 aromatic rings. The molecule has 0 atom stereocenters. The normalized spacial score (nSPS) is 14.2. The number of ether oxygens (including phenoxy) is 1. The van der Waals surface area contributed by atoms with E-state index in [-0.39, 0.29) is 18.4 Å². The average Bonchev–Trinajstić information content (AvgIpc) is 2.68. The van der Waals surface area contributed by atoms with Gasteiger partial charge in [0.25, 0.3) is 11.8 Å². The standard InChI is InChI=1S/C22H26N2O3/c1-16-6-4-8-19(14-16)22(26)24-12-10-23(11-13-24)21(25)15-27-20-9-5-7-17(2)18(20)3/h4-9,14H,10-13,15H2,1-3H3. The Balaban J connectivity index is 1.52. The molecular weight excluding hydrogens is 340 g/mol. The molecule has 2 amide bonds. The van der Waals surface area contributed by atoms with E-state index < -0.39 is 0 Å². The average molecular weight is 366 g/mol. The SMILES string of the molecule is Cc1cccc(C(=O)N2CCN(C(=O)COc3cccc(C)c3C)CC2)c1. The maximum absolute atomic E-state index is 12.6. The van der Waals surface area contributed by atoms with Crippen molar-refractivity contribution >= 4 is 11.8 Å². The van der Waals surface area contributed by atoms with Crippen molar-refractivity contribution in [2.75, 3.05) is 32.8 Å². The van der Waals surface area contributed by atoms with Gasteiger partial charge in [-0.2, -0.15) is 0 Å². The van der Waals surface area contributed by atoms with Crippen molar-refractivity contribution in [3.05, 3.63) is 64.7 Å². The van der Waals surface area contributed by atoms with Crippen molar-refractivity contribution in [3.63, 3.8) is 0 Å². The van der Waals surface area contributed by atoms with Crippen LogP contribution in [0, 0.1) is 20.8 Å². The van der Waals surface area contributed by atoms with E-state index in [4.69, 9.17) is 4.74 Å². The van der Waals surface area contributed by atoms with Gasteiger partial charge in [-0.1, -0.05) is 29.8 Å². The zero-order chi connectivity index (χ0) is 19.4. The molecule has 2 aromatic carbocycles. The second kappa shape index (κ2) is 8.25. The summed E-state index contributed by atoms with van der Waals surface area (Å²) in [5.41, 5.74) is 3.97. The quantitative estimate of drug-likeness (QED) is 0.836. The number of aryl methyl sites for hydroxylation is 2. The predicted molar refractivity (Wildman–Crippen MR) is 105 cm³/mol. The van der Waals surface area contributed by atoms with Crippen LogP contribution in [-0.2, 0) is 4.79 Å². The van der Waals surface area contributed by atoms with Gasteiger partial charge >= 0.3 is 0 Å². The number of rotatable bonds is 4. The van der Waals surface area contributed by atoms with Crippen molar-refractivity contribution in [1.82, 2.24) is 9.80 Å². The molecule has 0 radical (unpaired) electrons. The van der Waals surface area contributed by atoms with Gasteiger partial charge in [-0.15, -0.1) is 0 Å². The molecule has 3 rings (SSSR count). The smallest absolute Gasteiger partial charge is 0.260 e. The van der Waals surface area contributed by atoms with Gasteiger partial charge in [0.1, 0.15) is 5.75 Å². The molecule has 0 bridgehead atoms. The molecule has 1 heterocycles. The molecular formula is C22H26N2O3. The fourth-order valence-corrected chi connectivity index (χ4v) is 3.23. The van der Waals surface area contributed by atoms with E-state index in [9.17, 15) is 9.59 Å². The minimum absolute atomic E-state index is 0.0239. The van der Waals surface area contributed by atoms with Crippen molar-refractivity contribution in [2.45, 2.75) is 20.8 Å². The van der Waals surface area contributed by atoms with Crippen LogP contribution < -0.4 is 4.74 Å². The lowest BCUT2D eigenvalue weighted by Gasteiger charge is -2.34. The van der Waals surface area contributed by atoms with E-state index in [1.807, 2.05) is 68.1 Å². The van der Waals surface area contributed by atoms with Crippen LogP contribution in [0.3, 0.4) is 0 Å². The summed E-state index contributed by atoms with van der Waals surface area (Å²) < 4.78 is 5.72. The molecule has 5 nitrogen and oxygen atoms in total. The molecule has 142 valence electrons. The minimum atomic E-state index is -0.0430. The molecule has 1 aliphatic heterocycles. The zero-order valence-corrected chi connectivity index (χ0v) is 16.2. The fourth-order valence-electron chi connectivity index (χ4n) is 3.23. The number of nitrogens with zero attached hydrogens (tertiary/aromatic N) is 2. The first-order chi connectivity index (χ1) is 13.0. The van der Waals surface area contributed by atoms with Crippen LogP contribution >= 0.6 is 0 Å². The highest BCUT2D eigenvalue weighted by Crippen LogP contribution is 2.20. The molecule has 0 spiro atoms. The third-order valence-electron chi connectivity index (χ3n) is 5.09. The summed E-state index contributed by atoms with van der Waals surface area (Å²) in [4.78, 5) is 28.6. The summed E-state index contributed by atoms with van der Waals surface area (Å²) in [5, 5.41) is 0. The summed E-state index contributed by atoms with van der Waals surface area (Å²) in [5.74, 6) is 0.729. The van der Waals surface area contributed by atoms with Crippen molar-refractivity contribution < 1.29 is 14.3 Å². The number of piperazine rings is 1. The number of carbonyl (C=O) groups is 2. The number of hydrogen-bond acceptors (Lipinski definition) is 3. The molecule has 1 saturated heterocycles. The summed E-state index contributed by atoms with van der Waals surface area (Å²) >= 11 is 0. The van der Waals surface area contributed by atoms with Crippen molar-refractivity contribution in [3.8, 4) is 5.75 Å². The van der Waals surface area contributed by atoms with Crippen LogP contribution in [0.25, 0.3) is 0 Å². The lowest BCUT2D eigenvalue weighted by atomic mass is 10.1. The van der Waals surface area contributed by atoms with E-state index in [0.29, 0.717) is 31.7 Å². The lowest BCUT2D eigenvalue weighted by Crippen LogP contribution is -2.51. The predicted octanol–water partition coefficient (Wildman–Crippen LogP) is 2.98. The van der Waals surface area contributed by atoms with Gasteiger partial charge in [-0.25, -0.2) is 0 Å². The Kier molecular flexibility index (Phi) is 5.79. The monoisotopic (exact) mass is 366 g/mol. The van der Waals surface area contributed by atoms with Gasteiger partial charge in [0.05, 0.1) is 0 Å². The molecule has 0 aliphatic carbocycles. The first kappa shape index (κ1) is 19.0. The molecule has 27 heavy (non-hydrogen) atoms. The number of amides is 2. The van der Waals surface area contributed by atoms with E-state index in [0.717, 1.165) is 22.4 Å². The maximum atomic E-state index is 12.6. The summed E-state index contributed by atoms with van der Waals surface area (Å²) in [7, 11) is 0. The molecule has 5 heteroatoms.